The SMILES string of the molecule is CCOc1ccccc1OC(=O)c1sc2ccc(OC)cc2c1Cl. The van der Waals surface area contributed by atoms with Crippen LogP contribution in [0.4, 0.5) is 0 Å². The second-order valence-corrected chi connectivity index (χ2v) is 6.31. The number of benzene rings is 2. The number of thiophene rings is 1. The Morgan fingerprint density at radius 1 is 1.17 bits per heavy atom. The van der Waals surface area contributed by atoms with Crippen LogP contribution >= 0.6 is 22.9 Å². The van der Waals surface area contributed by atoms with Gasteiger partial charge in [-0.15, -0.1) is 11.3 Å². The van der Waals surface area contributed by atoms with E-state index >= 15 is 0 Å². The first-order chi connectivity index (χ1) is 11.6. The van der Waals surface area contributed by atoms with Gasteiger partial charge in [-0.05, 0) is 37.3 Å². The summed E-state index contributed by atoms with van der Waals surface area (Å²) in [6, 6.07) is 12.5. The molecule has 0 amide bonds. The smallest absolute Gasteiger partial charge is 0.355 e. The zero-order chi connectivity index (χ0) is 17.1. The van der Waals surface area contributed by atoms with Gasteiger partial charge in [0.05, 0.1) is 18.7 Å². The van der Waals surface area contributed by atoms with E-state index in [2.05, 4.69) is 0 Å². The summed E-state index contributed by atoms with van der Waals surface area (Å²) >= 11 is 7.66. The van der Waals surface area contributed by atoms with E-state index in [-0.39, 0.29) is 0 Å². The van der Waals surface area contributed by atoms with Crippen molar-refractivity contribution in [1.29, 1.82) is 0 Å². The molecule has 0 atom stereocenters. The summed E-state index contributed by atoms with van der Waals surface area (Å²) in [6.07, 6.45) is 0. The van der Waals surface area contributed by atoms with E-state index < -0.39 is 5.97 Å². The predicted molar refractivity (Wildman–Crippen MR) is 96.0 cm³/mol. The number of para-hydroxylation sites is 2. The van der Waals surface area contributed by atoms with E-state index in [9.17, 15) is 4.79 Å². The Morgan fingerprint density at radius 2 is 1.92 bits per heavy atom. The topological polar surface area (TPSA) is 44.8 Å². The molecule has 0 bridgehead atoms. The Hall–Kier alpha value is -2.24. The lowest BCUT2D eigenvalue weighted by atomic mass is 10.2. The minimum atomic E-state index is -0.507. The molecule has 24 heavy (non-hydrogen) atoms. The van der Waals surface area contributed by atoms with E-state index in [1.807, 2.05) is 25.1 Å². The maximum atomic E-state index is 12.5. The average molecular weight is 363 g/mol. The van der Waals surface area contributed by atoms with Crippen molar-refractivity contribution >= 4 is 39.0 Å². The summed E-state index contributed by atoms with van der Waals surface area (Å²) in [6.45, 7) is 2.35. The van der Waals surface area contributed by atoms with E-state index in [1.165, 1.54) is 11.3 Å². The Labute approximate surface area is 148 Å². The third kappa shape index (κ3) is 3.18. The molecule has 3 aromatic rings. The predicted octanol–water partition coefficient (Wildman–Crippen LogP) is 5.18. The lowest BCUT2D eigenvalue weighted by Gasteiger charge is -2.09. The summed E-state index contributed by atoms with van der Waals surface area (Å²) in [4.78, 5) is 12.9. The van der Waals surface area contributed by atoms with Gasteiger partial charge >= 0.3 is 5.97 Å². The van der Waals surface area contributed by atoms with Crippen LogP contribution in [0.5, 0.6) is 17.2 Å². The summed E-state index contributed by atoms with van der Waals surface area (Å²) in [5.41, 5.74) is 0. The van der Waals surface area contributed by atoms with Crippen molar-refractivity contribution in [3.63, 3.8) is 0 Å². The summed E-state index contributed by atoms with van der Waals surface area (Å²) in [5.74, 6) is 1.07. The monoisotopic (exact) mass is 362 g/mol. The van der Waals surface area contributed by atoms with E-state index in [0.29, 0.717) is 33.8 Å². The van der Waals surface area contributed by atoms with Crippen molar-refractivity contribution in [2.24, 2.45) is 0 Å². The van der Waals surface area contributed by atoms with Crippen LogP contribution < -0.4 is 14.2 Å². The Balaban J connectivity index is 1.93. The molecule has 2 aromatic carbocycles. The first-order valence-electron chi connectivity index (χ1n) is 7.34. The molecule has 0 aliphatic rings. The molecular formula is C18H15ClO4S. The molecule has 6 heteroatoms. The Morgan fingerprint density at radius 3 is 2.62 bits per heavy atom. The molecule has 0 unspecified atom stereocenters. The molecule has 0 saturated heterocycles. The molecular weight excluding hydrogens is 348 g/mol. The number of hydrogen-bond acceptors (Lipinski definition) is 5. The van der Waals surface area contributed by atoms with Crippen molar-refractivity contribution in [2.45, 2.75) is 6.92 Å². The number of halogens is 1. The van der Waals surface area contributed by atoms with Crippen molar-refractivity contribution in [3.05, 3.63) is 52.4 Å². The number of ether oxygens (including phenoxy) is 3. The molecule has 0 spiro atoms. The first kappa shape index (κ1) is 16.6. The van der Waals surface area contributed by atoms with Crippen LogP contribution in [-0.2, 0) is 0 Å². The fourth-order valence-electron chi connectivity index (χ4n) is 2.26. The highest BCUT2D eigenvalue weighted by molar-refractivity contribution is 7.21. The lowest BCUT2D eigenvalue weighted by molar-refractivity contribution is 0.0734. The quantitative estimate of drug-likeness (QED) is 0.463. The molecule has 0 radical (unpaired) electrons. The normalized spacial score (nSPS) is 10.6. The van der Waals surface area contributed by atoms with Crippen LogP contribution in [0.1, 0.15) is 16.6 Å². The highest BCUT2D eigenvalue weighted by Crippen LogP contribution is 2.38. The minimum absolute atomic E-state index is 0.353. The largest absolute Gasteiger partial charge is 0.497 e. The maximum absolute atomic E-state index is 12.5. The van der Waals surface area contributed by atoms with Crippen molar-refractivity contribution in [2.75, 3.05) is 13.7 Å². The molecule has 0 fully saturated rings. The molecule has 0 N–H and O–H groups in total. The van der Waals surface area contributed by atoms with E-state index in [4.69, 9.17) is 25.8 Å². The minimum Gasteiger partial charge on any atom is -0.497 e. The van der Waals surface area contributed by atoms with Gasteiger partial charge in [0.15, 0.2) is 11.5 Å². The number of fused-ring (bicyclic) bond motifs is 1. The molecule has 3 rings (SSSR count). The number of hydrogen-bond donors (Lipinski definition) is 0. The third-order valence-electron chi connectivity index (χ3n) is 3.37. The van der Waals surface area contributed by atoms with Crippen molar-refractivity contribution < 1.29 is 19.0 Å². The summed E-state index contributed by atoms with van der Waals surface area (Å²) in [5, 5.41) is 1.14. The van der Waals surface area contributed by atoms with E-state index in [1.54, 1.807) is 31.4 Å². The van der Waals surface area contributed by atoms with Crippen molar-refractivity contribution in [1.82, 2.24) is 0 Å². The molecule has 124 valence electrons. The second-order valence-electron chi connectivity index (χ2n) is 4.88. The molecule has 0 saturated carbocycles. The van der Waals surface area contributed by atoms with Gasteiger partial charge < -0.3 is 14.2 Å². The van der Waals surface area contributed by atoms with Gasteiger partial charge in [-0.2, -0.15) is 0 Å². The van der Waals surface area contributed by atoms with E-state index in [0.717, 1.165) is 10.1 Å². The van der Waals surface area contributed by atoms with Crippen LogP contribution in [0, 0.1) is 0 Å². The van der Waals surface area contributed by atoms with Crippen LogP contribution in [0.15, 0.2) is 42.5 Å². The Bertz CT molecular complexity index is 888. The van der Waals surface area contributed by atoms with Crippen LogP contribution in [0.2, 0.25) is 5.02 Å². The molecule has 0 aliphatic heterocycles. The number of esters is 1. The fourth-order valence-corrected chi connectivity index (χ4v) is 3.62. The van der Waals surface area contributed by atoms with Gasteiger partial charge in [0.25, 0.3) is 0 Å². The summed E-state index contributed by atoms with van der Waals surface area (Å²) < 4.78 is 17.0. The molecule has 1 heterocycles. The number of methoxy groups -OCH3 is 1. The molecule has 1 aromatic heterocycles. The van der Waals surface area contributed by atoms with Crippen LogP contribution in [0.3, 0.4) is 0 Å². The fraction of sp³-hybridized carbons (Fsp3) is 0.167. The van der Waals surface area contributed by atoms with Gasteiger partial charge in [0.1, 0.15) is 10.6 Å². The first-order valence-corrected chi connectivity index (χ1v) is 8.53. The standard InChI is InChI=1S/C18H15ClO4S/c1-3-22-13-6-4-5-7-14(13)23-18(20)17-16(19)12-10-11(21-2)8-9-15(12)24-17/h4-10H,3H2,1-2H3. The van der Waals surface area contributed by atoms with Gasteiger partial charge in [0, 0.05) is 10.1 Å². The van der Waals surface area contributed by atoms with Gasteiger partial charge in [-0.1, -0.05) is 23.7 Å². The summed E-state index contributed by atoms with van der Waals surface area (Å²) in [7, 11) is 1.58. The van der Waals surface area contributed by atoms with Crippen molar-refractivity contribution in [3.8, 4) is 17.2 Å². The van der Waals surface area contributed by atoms with Gasteiger partial charge in [-0.3, -0.25) is 0 Å². The average Bonchev–Trinajstić information content (AvgIpc) is 2.93. The van der Waals surface area contributed by atoms with Crippen LogP contribution in [-0.4, -0.2) is 19.7 Å². The van der Waals surface area contributed by atoms with Crippen LogP contribution in [0.25, 0.3) is 10.1 Å². The third-order valence-corrected chi connectivity index (χ3v) is 5.03. The molecule has 0 aliphatic carbocycles. The lowest BCUT2D eigenvalue weighted by Crippen LogP contribution is -2.08. The van der Waals surface area contributed by atoms with Gasteiger partial charge in [-0.25, -0.2) is 4.79 Å². The zero-order valence-electron chi connectivity index (χ0n) is 13.2. The Kier molecular flexibility index (Phi) is 4.92. The number of rotatable bonds is 5. The highest BCUT2D eigenvalue weighted by Gasteiger charge is 2.20. The zero-order valence-corrected chi connectivity index (χ0v) is 14.7. The van der Waals surface area contributed by atoms with Gasteiger partial charge in [0.2, 0.25) is 0 Å². The second kappa shape index (κ2) is 7.11. The highest BCUT2D eigenvalue weighted by atomic mass is 35.5. The number of carbonyl (C=O) groups is 1. The maximum Gasteiger partial charge on any atom is 0.355 e. The number of carbonyl (C=O) groups excluding carboxylic acids is 1. The molecule has 4 nitrogen and oxygen atoms in total.